The lowest BCUT2D eigenvalue weighted by Crippen LogP contribution is -2.42. The van der Waals surface area contributed by atoms with Gasteiger partial charge >= 0.3 is 5.97 Å². The molecule has 6 heteroatoms. The van der Waals surface area contributed by atoms with E-state index in [1.807, 2.05) is 6.92 Å². The van der Waals surface area contributed by atoms with Gasteiger partial charge in [-0.15, -0.1) is 0 Å². The van der Waals surface area contributed by atoms with Crippen molar-refractivity contribution in [1.82, 2.24) is 4.72 Å². The van der Waals surface area contributed by atoms with Crippen molar-refractivity contribution >= 4 is 16.0 Å². The zero-order chi connectivity index (χ0) is 11.5. The summed E-state index contributed by atoms with van der Waals surface area (Å²) in [7, 11) is -3.39. The number of sulfonamides is 1. The van der Waals surface area contributed by atoms with E-state index in [2.05, 4.69) is 4.72 Å². The van der Waals surface area contributed by atoms with Crippen LogP contribution in [0.4, 0.5) is 0 Å². The lowest BCUT2D eigenvalue weighted by atomic mass is 10.1. The van der Waals surface area contributed by atoms with E-state index in [-0.39, 0.29) is 5.25 Å². The van der Waals surface area contributed by atoms with Gasteiger partial charge in [0, 0.05) is 0 Å². The van der Waals surface area contributed by atoms with Crippen LogP contribution in [0.2, 0.25) is 0 Å². The summed E-state index contributed by atoms with van der Waals surface area (Å²) in [6.07, 6.45) is 3.22. The van der Waals surface area contributed by atoms with Crippen LogP contribution in [0.25, 0.3) is 0 Å². The predicted molar refractivity (Wildman–Crippen MR) is 56.0 cm³/mol. The molecule has 0 aromatic carbocycles. The Bertz CT molecular complexity index is 321. The number of hydrogen-bond acceptors (Lipinski definition) is 3. The molecule has 1 atom stereocenters. The fraction of sp³-hybridized carbons (Fsp3) is 0.889. The fourth-order valence-electron chi connectivity index (χ4n) is 1.31. The summed E-state index contributed by atoms with van der Waals surface area (Å²) < 4.78 is 25.3. The number of carboxylic acid groups (broad SMARTS) is 1. The first-order chi connectivity index (χ1) is 6.97. The standard InChI is InChI=1S/C9H17NO4S/c1-2-3-4-8(9(11)12)10-15(13,14)7-5-6-7/h7-8,10H,2-6H2,1H3,(H,11,12). The van der Waals surface area contributed by atoms with Gasteiger partial charge in [0.1, 0.15) is 6.04 Å². The van der Waals surface area contributed by atoms with Crippen LogP contribution >= 0.6 is 0 Å². The Morgan fingerprint density at radius 2 is 2.13 bits per heavy atom. The van der Waals surface area contributed by atoms with Gasteiger partial charge in [0.25, 0.3) is 0 Å². The van der Waals surface area contributed by atoms with E-state index >= 15 is 0 Å². The maximum atomic E-state index is 11.5. The molecule has 88 valence electrons. The van der Waals surface area contributed by atoms with E-state index in [0.717, 1.165) is 6.42 Å². The molecule has 0 radical (unpaired) electrons. The molecule has 1 aliphatic carbocycles. The van der Waals surface area contributed by atoms with Gasteiger partial charge < -0.3 is 5.11 Å². The Balaban J connectivity index is 2.53. The molecule has 1 unspecified atom stereocenters. The summed E-state index contributed by atoms with van der Waals surface area (Å²) in [5.74, 6) is -1.09. The molecule has 15 heavy (non-hydrogen) atoms. The van der Waals surface area contributed by atoms with Crippen LogP contribution in [0, 0.1) is 0 Å². The minimum atomic E-state index is -3.39. The van der Waals surface area contributed by atoms with Crippen molar-refractivity contribution in [1.29, 1.82) is 0 Å². The Kier molecular flexibility index (Phi) is 4.10. The molecular formula is C9H17NO4S. The highest BCUT2D eigenvalue weighted by atomic mass is 32.2. The number of nitrogens with one attached hydrogen (secondary N) is 1. The molecule has 0 aliphatic heterocycles. The average Bonchev–Trinajstić information content (AvgIpc) is 2.94. The van der Waals surface area contributed by atoms with E-state index in [9.17, 15) is 13.2 Å². The molecule has 0 aromatic rings. The van der Waals surface area contributed by atoms with E-state index in [1.54, 1.807) is 0 Å². The molecule has 0 spiro atoms. The summed E-state index contributed by atoms with van der Waals surface area (Å²) in [5, 5.41) is 8.48. The topological polar surface area (TPSA) is 83.5 Å². The molecule has 1 rings (SSSR count). The van der Waals surface area contributed by atoms with Crippen molar-refractivity contribution < 1.29 is 18.3 Å². The lowest BCUT2D eigenvalue weighted by Gasteiger charge is -2.13. The summed E-state index contributed by atoms with van der Waals surface area (Å²) >= 11 is 0. The molecule has 2 N–H and O–H groups in total. The van der Waals surface area contributed by atoms with Crippen LogP contribution in [-0.2, 0) is 14.8 Å². The normalized spacial score (nSPS) is 18.7. The summed E-state index contributed by atoms with van der Waals surface area (Å²) in [6, 6.07) is -0.962. The Hall–Kier alpha value is -0.620. The van der Waals surface area contributed by atoms with Gasteiger partial charge in [0.2, 0.25) is 10.0 Å². The Labute approximate surface area is 89.9 Å². The van der Waals surface area contributed by atoms with Gasteiger partial charge in [-0.3, -0.25) is 4.79 Å². The zero-order valence-electron chi connectivity index (χ0n) is 8.77. The molecule has 1 aliphatic rings. The second-order valence-corrected chi connectivity index (χ2v) is 5.89. The van der Waals surface area contributed by atoms with Crippen molar-refractivity contribution in [2.45, 2.75) is 50.3 Å². The van der Waals surface area contributed by atoms with Gasteiger partial charge in [-0.2, -0.15) is 0 Å². The monoisotopic (exact) mass is 235 g/mol. The van der Waals surface area contributed by atoms with Crippen LogP contribution in [0.3, 0.4) is 0 Å². The van der Waals surface area contributed by atoms with Crippen molar-refractivity contribution in [2.24, 2.45) is 0 Å². The first kappa shape index (κ1) is 12.4. The molecule has 1 saturated carbocycles. The van der Waals surface area contributed by atoms with Crippen LogP contribution < -0.4 is 4.72 Å². The molecular weight excluding hydrogens is 218 g/mol. The minimum Gasteiger partial charge on any atom is -0.480 e. The lowest BCUT2D eigenvalue weighted by molar-refractivity contribution is -0.139. The maximum absolute atomic E-state index is 11.5. The van der Waals surface area contributed by atoms with E-state index < -0.39 is 22.0 Å². The maximum Gasteiger partial charge on any atom is 0.321 e. The minimum absolute atomic E-state index is 0.359. The molecule has 1 fully saturated rings. The first-order valence-electron chi connectivity index (χ1n) is 5.21. The van der Waals surface area contributed by atoms with Gasteiger partial charge in [-0.05, 0) is 19.3 Å². The number of carbonyl (C=O) groups is 1. The second kappa shape index (κ2) is 4.94. The number of carboxylic acids is 1. The number of hydrogen-bond donors (Lipinski definition) is 2. The summed E-state index contributed by atoms with van der Waals surface area (Å²) in [4.78, 5) is 10.8. The third kappa shape index (κ3) is 3.79. The van der Waals surface area contributed by atoms with E-state index in [0.29, 0.717) is 25.7 Å². The third-order valence-corrected chi connectivity index (χ3v) is 4.38. The third-order valence-electron chi connectivity index (χ3n) is 2.41. The zero-order valence-corrected chi connectivity index (χ0v) is 9.59. The van der Waals surface area contributed by atoms with Crippen molar-refractivity contribution in [3.8, 4) is 0 Å². The van der Waals surface area contributed by atoms with Gasteiger partial charge in [-0.25, -0.2) is 13.1 Å². The highest BCUT2D eigenvalue weighted by molar-refractivity contribution is 7.90. The van der Waals surface area contributed by atoms with Crippen molar-refractivity contribution in [2.75, 3.05) is 0 Å². The Morgan fingerprint density at radius 1 is 1.53 bits per heavy atom. The van der Waals surface area contributed by atoms with Crippen LogP contribution in [0.5, 0.6) is 0 Å². The first-order valence-corrected chi connectivity index (χ1v) is 6.76. The molecule has 5 nitrogen and oxygen atoms in total. The van der Waals surface area contributed by atoms with Gasteiger partial charge in [-0.1, -0.05) is 19.8 Å². The predicted octanol–water partition coefficient (Wildman–Crippen LogP) is 0.712. The van der Waals surface area contributed by atoms with Crippen molar-refractivity contribution in [3.63, 3.8) is 0 Å². The highest BCUT2D eigenvalue weighted by Gasteiger charge is 2.38. The SMILES string of the molecule is CCCCC(NS(=O)(=O)C1CC1)C(=O)O. The molecule has 0 bridgehead atoms. The molecule has 0 heterocycles. The van der Waals surface area contributed by atoms with E-state index in [4.69, 9.17) is 5.11 Å². The number of unbranched alkanes of at least 4 members (excludes halogenated alkanes) is 1. The molecule has 0 amide bonds. The number of rotatable bonds is 7. The van der Waals surface area contributed by atoms with E-state index in [1.165, 1.54) is 0 Å². The van der Waals surface area contributed by atoms with Crippen LogP contribution in [-0.4, -0.2) is 30.8 Å². The van der Waals surface area contributed by atoms with Crippen molar-refractivity contribution in [3.05, 3.63) is 0 Å². The van der Waals surface area contributed by atoms with Gasteiger partial charge in [0.05, 0.1) is 5.25 Å². The smallest absolute Gasteiger partial charge is 0.321 e. The summed E-state index contributed by atoms with van der Waals surface area (Å²) in [5.41, 5.74) is 0. The Morgan fingerprint density at radius 3 is 2.53 bits per heavy atom. The largest absolute Gasteiger partial charge is 0.480 e. The van der Waals surface area contributed by atoms with Gasteiger partial charge in [0.15, 0.2) is 0 Å². The fourth-order valence-corrected chi connectivity index (χ4v) is 2.88. The van der Waals surface area contributed by atoms with Crippen LogP contribution in [0.1, 0.15) is 39.0 Å². The second-order valence-electron chi connectivity index (χ2n) is 3.90. The molecule has 0 aromatic heterocycles. The average molecular weight is 235 g/mol. The number of aliphatic carboxylic acids is 1. The molecule has 0 saturated heterocycles. The van der Waals surface area contributed by atoms with Crippen LogP contribution in [0.15, 0.2) is 0 Å². The quantitative estimate of drug-likeness (QED) is 0.680. The highest BCUT2D eigenvalue weighted by Crippen LogP contribution is 2.27. The summed E-state index contributed by atoms with van der Waals surface area (Å²) in [6.45, 7) is 1.94.